The number of fused-ring (bicyclic) bond motifs is 2. The Morgan fingerprint density at radius 1 is 1.00 bits per heavy atom. The maximum atomic E-state index is 12.8. The Labute approximate surface area is 167 Å². The Bertz CT molecular complexity index is 699. The van der Waals surface area contributed by atoms with Gasteiger partial charge in [0.15, 0.2) is 0 Å². The van der Waals surface area contributed by atoms with Crippen molar-refractivity contribution < 1.29 is 14.3 Å². The Morgan fingerprint density at radius 3 is 2.32 bits per heavy atom. The van der Waals surface area contributed by atoms with E-state index in [-0.39, 0.29) is 23.9 Å². The second-order valence-corrected chi connectivity index (χ2v) is 8.30. The summed E-state index contributed by atoms with van der Waals surface area (Å²) in [5.74, 6) is 0.995. The highest BCUT2D eigenvalue weighted by Gasteiger charge is 2.46. The van der Waals surface area contributed by atoms with Gasteiger partial charge in [0.25, 0.3) is 5.91 Å². The molecule has 1 aromatic rings. The zero-order chi connectivity index (χ0) is 19.5. The average Bonchev–Trinajstić information content (AvgIpc) is 3.33. The van der Waals surface area contributed by atoms with Crippen LogP contribution in [-0.2, 0) is 4.79 Å². The summed E-state index contributed by atoms with van der Waals surface area (Å²) in [6.07, 6.45) is 5.95. The van der Waals surface area contributed by atoms with Crippen molar-refractivity contribution >= 4 is 11.8 Å². The smallest absolute Gasteiger partial charge is 0.254 e. The first-order valence-electron chi connectivity index (χ1n) is 10.7. The maximum Gasteiger partial charge on any atom is 0.254 e. The number of hydrogen-bond acceptors (Lipinski definition) is 4. The molecule has 6 nitrogen and oxygen atoms in total. The maximum absolute atomic E-state index is 12.8. The van der Waals surface area contributed by atoms with Gasteiger partial charge in [-0.05, 0) is 63.0 Å². The molecule has 28 heavy (non-hydrogen) atoms. The van der Waals surface area contributed by atoms with Gasteiger partial charge < -0.3 is 19.4 Å². The summed E-state index contributed by atoms with van der Waals surface area (Å²) in [7, 11) is 0. The molecule has 0 N–H and O–H groups in total. The van der Waals surface area contributed by atoms with Crippen molar-refractivity contribution in [1.29, 1.82) is 0 Å². The third-order valence-corrected chi connectivity index (χ3v) is 6.34. The molecule has 3 heterocycles. The minimum absolute atomic E-state index is 0.0624. The normalized spacial score (nSPS) is 24.6. The molecule has 2 bridgehead atoms. The molecule has 2 atom stereocenters. The molecule has 0 radical (unpaired) electrons. The fourth-order valence-electron chi connectivity index (χ4n) is 4.82. The van der Waals surface area contributed by atoms with Crippen molar-refractivity contribution in [3.8, 4) is 5.75 Å². The van der Waals surface area contributed by atoms with Crippen molar-refractivity contribution in [2.24, 2.45) is 0 Å². The number of piperidine rings is 1. The van der Waals surface area contributed by atoms with Crippen molar-refractivity contribution in [2.75, 3.05) is 39.3 Å². The molecule has 3 aliphatic heterocycles. The molecule has 0 saturated carbocycles. The Balaban J connectivity index is 1.23. The number of carbonyl (C=O) groups is 2. The van der Waals surface area contributed by atoms with E-state index in [0.29, 0.717) is 25.3 Å². The highest BCUT2D eigenvalue weighted by molar-refractivity contribution is 5.95. The molecule has 152 valence electrons. The molecule has 3 saturated heterocycles. The van der Waals surface area contributed by atoms with Gasteiger partial charge >= 0.3 is 0 Å². The van der Waals surface area contributed by atoms with Crippen LogP contribution in [0.1, 0.15) is 49.4 Å². The fraction of sp³-hybridized carbons (Fsp3) is 0.636. The molecule has 1 aromatic carbocycles. The van der Waals surface area contributed by atoms with Crippen molar-refractivity contribution in [3.05, 3.63) is 29.8 Å². The van der Waals surface area contributed by atoms with Gasteiger partial charge in [0, 0.05) is 32.1 Å². The Kier molecular flexibility index (Phi) is 5.85. The van der Waals surface area contributed by atoms with Gasteiger partial charge in [-0.2, -0.15) is 0 Å². The van der Waals surface area contributed by atoms with E-state index in [4.69, 9.17) is 4.74 Å². The van der Waals surface area contributed by atoms with E-state index >= 15 is 0 Å². The number of rotatable bonds is 6. The average molecular weight is 386 g/mol. The predicted octanol–water partition coefficient (Wildman–Crippen LogP) is 2.39. The minimum atomic E-state index is 0.0624. The van der Waals surface area contributed by atoms with Crippen molar-refractivity contribution in [3.63, 3.8) is 0 Å². The number of likely N-dealkylation sites (tertiary alicyclic amines) is 3. The summed E-state index contributed by atoms with van der Waals surface area (Å²) in [4.78, 5) is 30.8. The van der Waals surface area contributed by atoms with Gasteiger partial charge in [0.2, 0.25) is 5.91 Å². The summed E-state index contributed by atoms with van der Waals surface area (Å²) < 4.78 is 5.85. The van der Waals surface area contributed by atoms with Crippen LogP contribution < -0.4 is 4.74 Å². The first kappa shape index (κ1) is 19.2. The molecule has 0 aromatic heterocycles. The van der Waals surface area contributed by atoms with Gasteiger partial charge in [0.1, 0.15) is 5.75 Å². The Morgan fingerprint density at radius 2 is 1.68 bits per heavy atom. The third kappa shape index (κ3) is 4.17. The summed E-state index contributed by atoms with van der Waals surface area (Å²) in [5, 5.41) is 0. The predicted molar refractivity (Wildman–Crippen MR) is 107 cm³/mol. The molecule has 3 aliphatic rings. The quantitative estimate of drug-likeness (QED) is 0.706. The SMILES string of the molecule is CC(=O)N1C[C@@H]2CC1CN2C(=O)c1ccc(OCCCN2CCCCC2)cc1. The lowest BCUT2D eigenvalue weighted by atomic mass is 10.1. The lowest BCUT2D eigenvalue weighted by Crippen LogP contribution is -2.50. The van der Waals surface area contributed by atoms with Gasteiger partial charge in [-0.25, -0.2) is 0 Å². The Hall–Kier alpha value is -2.08. The minimum Gasteiger partial charge on any atom is -0.494 e. The van der Waals surface area contributed by atoms with E-state index in [1.165, 1.54) is 32.4 Å². The van der Waals surface area contributed by atoms with Gasteiger partial charge in [-0.1, -0.05) is 6.42 Å². The van der Waals surface area contributed by atoms with Crippen LogP contribution in [0.3, 0.4) is 0 Å². The number of benzene rings is 1. The molecule has 1 unspecified atom stereocenters. The second-order valence-electron chi connectivity index (χ2n) is 8.30. The van der Waals surface area contributed by atoms with Crippen LogP contribution in [0.5, 0.6) is 5.75 Å². The highest BCUT2D eigenvalue weighted by Crippen LogP contribution is 2.32. The molecule has 0 aliphatic carbocycles. The first-order valence-corrected chi connectivity index (χ1v) is 10.7. The second kappa shape index (κ2) is 8.52. The van der Waals surface area contributed by atoms with Crippen LogP contribution in [0.25, 0.3) is 0 Å². The van der Waals surface area contributed by atoms with E-state index in [9.17, 15) is 9.59 Å². The van der Waals surface area contributed by atoms with Crippen LogP contribution >= 0.6 is 0 Å². The molecular formula is C22H31N3O3. The van der Waals surface area contributed by atoms with Crippen molar-refractivity contribution in [1.82, 2.24) is 14.7 Å². The van der Waals surface area contributed by atoms with Gasteiger partial charge in [-0.15, -0.1) is 0 Å². The van der Waals surface area contributed by atoms with Crippen LogP contribution in [-0.4, -0.2) is 77.9 Å². The number of nitrogens with zero attached hydrogens (tertiary/aromatic N) is 3. The summed E-state index contributed by atoms with van der Waals surface area (Å²) in [6, 6.07) is 7.85. The van der Waals surface area contributed by atoms with Crippen LogP contribution in [0, 0.1) is 0 Å². The van der Waals surface area contributed by atoms with E-state index in [1.54, 1.807) is 6.92 Å². The molecule has 3 fully saturated rings. The molecule has 0 spiro atoms. The van der Waals surface area contributed by atoms with E-state index in [0.717, 1.165) is 25.1 Å². The zero-order valence-corrected chi connectivity index (χ0v) is 16.8. The largest absolute Gasteiger partial charge is 0.494 e. The summed E-state index contributed by atoms with van der Waals surface area (Å²) in [5.41, 5.74) is 0.697. The highest BCUT2D eigenvalue weighted by atomic mass is 16.5. The standard InChI is InChI=1S/C22H31N3O3/c1-17(26)24-15-20-14-19(24)16-25(20)22(27)18-6-8-21(9-7-18)28-13-5-12-23-10-3-2-4-11-23/h6-9,19-20H,2-5,10-16H2,1H3/t19?,20-/m0/s1. The number of ether oxygens (including phenoxy) is 1. The molecule has 2 amide bonds. The molecule has 6 heteroatoms. The van der Waals surface area contributed by atoms with Crippen LogP contribution in [0.2, 0.25) is 0 Å². The summed E-state index contributed by atoms with van der Waals surface area (Å²) >= 11 is 0. The molecule has 4 rings (SSSR count). The topological polar surface area (TPSA) is 53.1 Å². The molecular weight excluding hydrogens is 354 g/mol. The first-order chi connectivity index (χ1) is 13.6. The lowest BCUT2D eigenvalue weighted by molar-refractivity contribution is -0.130. The monoisotopic (exact) mass is 385 g/mol. The van der Waals surface area contributed by atoms with Crippen LogP contribution in [0.15, 0.2) is 24.3 Å². The lowest BCUT2D eigenvalue weighted by Gasteiger charge is -2.33. The summed E-state index contributed by atoms with van der Waals surface area (Å²) in [6.45, 7) is 7.19. The fourth-order valence-corrected chi connectivity index (χ4v) is 4.82. The number of piperazine rings is 1. The van der Waals surface area contributed by atoms with Crippen LogP contribution in [0.4, 0.5) is 0 Å². The van der Waals surface area contributed by atoms with E-state index in [2.05, 4.69) is 4.90 Å². The van der Waals surface area contributed by atoms with E-state index in [1.807, 2.05) is 34.1 Å². The van der Waals surface area contributed by atoms with E-state index < -0.39 is 0 Å². The third-order valence-electron chi connectivity index (χ3n) is 6.34. The number of hydrogen-bond donors (Lipinski definition) is 0. The van der Waals surface area contributed by atoms with Crippen molar-refractivity contribution in [2.45, 2.75) is 51.1 Å². The zero-order valence-electron chi connectivity index (χ0n) is 16.8. The van der Waals surface area contributed by atoms with Gasteiger partial charge in [0.05, 0.1) is 18.7 Å². The number of carbonyl (C=O) groups excluding carboxylic acids is 2. The number of amides is 2. The van der Waals surface area contributed by atoms with Gasteiger partial charge in [-0.3, -0.25) is 9.59 Å².